The van der Waals surface area contributed by atoms with Crippen molar-refractivity contribution in [1.29, 1.82) is 5.26 Å². The van der Waals surface area contributed by atoms with Gasteiger partial charge in [-0.05, 0) is 17.7 Å². The maximum atomic E-state index is 9.43. The number of nitrogens with zero attached hydrogens (tertiary/aromatic N) is 2. The second-order valence-electron chi connectivity index (χ2n) is 4.72. The van der Waals surface area contributed by atoms with Crippen LogP contribution in [0.2, 0.25) is 0 Å². The van der Waals surface area contributed by atoms with Crippen molar-refractivity contribution < 1.29 is 0 Å². The SMILES string of the molecule is N#Cc1c2n(c3ccccc13)Cc1ccccc1N2. The van der Waals surface area contributed by atoms with E-state index in [0.29, 0.717) is 0 Å². The van der Waals surface area contributed by atoms with Gasteiger partial charge in [-0.1, -0.05) is 36.4 Å². The molecule has 1 aromatic heterocycles. The van der Waals surface area contributed by atoms with Gasteiger partial charge in [0.2, 0.25) is 0 Å². The first-order chi connectivity index (χ1) is 9.38. The van der Waals surface area contributed by atoms with Crippen LogP contribution in [-0.4, -0.2) is 4.57 Å². The second-order valence-corrected chi connectivity index (χ2v) is 4.72. The first-order valence-corrected chi connectivity index (χ1v) is 6.25. The lowest BCUT2D eigenvalue weighted by Gasteiger charge is -2.21. The Kier molecular flexibility index (Phi) is 1.95. The summed E-state index contributed by atoms with van der Waals surface area (Å²) in [5.41, 5.74) is 4.18. The number of benzene rings is 2. The van der Waals surface area contributed by atoms with Crippen LogP contribution in [0.3, 0.4) is 0 Å². The predicted octanol–water partition coefficient (Wildman–Crippen LogP) is 3.62. The fourth-order valence-electron chi connectivity index (χ4n) is 2.79. The molecular weight excluding hydrogens is 234 g/mol. The summed E-state index contributed by atoms with van der Waals surface area (Å²) >= 11 is 0. The minimum atomic E-state index is 0.727. The molecule has 0 radical (unpaired) electrons. The van der Waals surface area contributed by atoms with E-state index in [1.165, 1.54) is 5.56 Å². The standard InChI is InChI=1S/C16H11N3/c17-9-13-12-6-2-4-8-15(12)19-10-11-5-1-3-7-14(11)18-16(13)19/h1-8,18H,10H2. The van der Waals surface area contributed by atoms with Crippen LogP contribution in [0.1, 0.15) is 11.1 Å². The third kappa shape index (κ3) is 1.31. The maximum Gasteiger partial charge on any atom is 0.130 e. The molecule has 3 nitrogen and oxygen atoms in total. The molecule has 0 amide bonds. The van der Waals surface area contributed by atoms with Crippen LogP contribution in [0.5, 0.6) is 0 Å². The molecule has 19 heavy (non-hydrogen) atoms. The molecule has 3 aromatic rings. The van der Waals surface area contributed by atoms with Crippen molar-refractivity contribution >= 4 is 22.4 Å². The van der Waals surface area contributed by atoms with Crippen LogP contribution >= 0.6 is 0 Å². The Morgan fingerprint density at radius 3 is 2.74 bits per heavy atom. The second kappa shape index (κ2) is 3.63. The number of anilines is 2. The lowest BCUT2D eigenvalue weighted by molar-refractivity contribution is 0.827. The van der Waals surface area contributed by atoms with Crippen LogP contribution in [0.4, 0.5) is 11.5 Å². The van der Waals surface area contributed by atoms with Gasteiger partial charge >= 0.3 is 0 Å². The van der Waals surface area contributed by atoms with Gasteiger partial charge in [0, 0.05) is 11.1 Å². The first-order valence-electron chi connectivity index (χ1n) is 6.25. The number of fused-ring (bicyclic) bond motifs is 4. The molecule has 0 aliphatic carbocycles. The van der Waals surface area contributed by atoms with Crippen molar-refractivity contribution in [3.05, 3.63) is 59.7 Å². The summed E-state index contributed by atoms with van der Waals surface area (Å²) in [6.45, 7) is 0.806. The topological polar surface area (TPSA) is 40.8 Å². The zero-order valence-corrected chi connectivity index (χ0v) is 10.2. The Morgan fingerprint density at radius 1 is 1.05 bits per heavy atom. The van der Waals surface area contributed by atoms with Crippen LogP contribution in [0, 0.1) is 11.3 Å². The summed E-state index contributed by atoms with van der Waals surface area (Å²) in [5.74, 6) is 0.905. The summed E-state index contributed by atoms with van der Waals surface area (Å²) in [4.78, 5) is 0. The van der Waals surface area contributed by atoms with E-state index in [1.807, 2.05) is 30.3 Å². The molecule has 3 heteroatoms. The summed E-state index contributed by atoms with van der Waals surface area (Å²) in [6, 6.07) is 18.6. The largest absolute Gasteiger partial charge is 0.340 e. The fourth-order valence-corrected chi connectivity index (χ4v) is 2.79. The van der Waals surface area contributed by atoms with E-state index >= 15 is 0 Å². The summed E-state index contributed by atoms with van der Waals surface area (Å²) in [5, 5.41) is 13.8. The number of hydrogen-bond acceptors (Lipinski definition) is 2. The lowest BCUT2D eigenvalue weighted by atomic mass is 10.1. The fraction of sp³-hybridized carbons (Fsp3) is 0.0625. The Hall–Kier alpha value is -2.73. The normalized spacial score (nSPS) is 12.4. The highest BCUT2D eigenvalue weighted by Gasteiger charge is 2.21. The van der Waals surface area contributed by atoms with E-state index in [-0.39, 0.29) is 0 Å². The number of nitrogens with one attached hydrogen (secondary N) is 1. The zero-order chi connectivity index (χ0) is 12.8. The molecule has 0 bridgehead atoms. The average molecular weight is 245 g/mol. The van der Waals surface area contributed by atoms with Crippen molar-refractivity contribution in [3.63, 3.8) is 0 Å². The minimum Gasteiger partial charge on any atom is -0.340 e. The summed E-state index contributed by atoms with van der Waals surface area (Å²) < 4.78 is 2.18. The van der Waals surface area contributed by atoms with Gasteiger partial charge in [-0.2, -0.15) is 5.26 Å². The number of rotatable bonds is 0. The van der Waals surface area contributed by atoms with Gasteiger partial charge in [-0.15, -0.1) is 0 Å². The van der Waals surface area contributed by atoms with E-state index in [2.05, 4.69) is 34.2 Å². The maximum absolute atomic E-state index is 9.43. The quantitative estimate of drug-likeness (QED) is 0.514. The molecule has 0 atom stereocenters. The molecule has 1 N–H and O–H groups in total. The molecule has 4 rings (SSSR count). The summed E-state index contributed by atoms with van der Waals surface area (Å²) in [7, 11) is 0. The van der Waals surface area contributed by atoms with Crippen molar-refractivity contribution in [3.8, 4) is 6.07 Å². The van der Waals surface area contributed by atoms with Crippen molar-refractivity contribution in [2.24, 2.45) is 0 Å². The van der Waals surface area contributed by atoms with Crippen molar-refractivity contribution in [2.45, 2.75) is 6.54 Å². The van der Waals surface area contributed by atoms with Gasteiger partial charge in [-0.3, -0.25) is 0 Å². The minimum absolute atomic E-state index is 0.727. The molecule has 0 saturated heterocycles. The van der Waals surface area contributed by atoms with Gasteiger partial charge < -0.3 is 9.88 Å². The molecule has 0 saturated carbocycles. The Labute approximate surface area is 110 Å². The van der Waals surface area contributed by atoms with Gasteiger partial charge in [-0.25, -0.2) is 0 Å². The molecule has 0 spiro atoms. The van der Waals surface area contributed by atoms with Crippen LogP contribution in [0.15, 0.2) is 48.5 Å². The number of aromatic nitrogens is 1. The van der Waals surface area contributed by atoms with Crippen molar-refractivity contribution in [1.82, 2.24) is 4.57 Å². The predicted molar refractivity (Wildman–Crippen MR) is 75.5 cm³/mol. The smallest absolute Gasteiger partial charge is 0.130 e. The number of nitriles is 1. The molecule has 2 heterocycles. The Bertz CT molecular complexity index is 837. The molecular formula is C16H11N3. The third-order valence-corrected chi connectivity index (χ3v) is 3.68. The highest BCUT2D eigenvalue weighted by atomic mass is 15.1. The Morgan fingerprint density at radius 2 is 1.84 bits per heavy atom. The Balaban J connectivity index is 2.05. The lowest BCUT2D eigenvalue weighted by Crippen LogP contribution is -2.12. The first kappa shape index (κ1) is 10.2. The van der Waals surface area contributed by atoms with E-state index in [0.717, 1.165) is 34.5 Å². The molecule has 1 aliphatic heterocycles. The number of para-hydroxylation sites is 2. The van der Waals surface area contributed by atoms with E-state index < -0.39 is 0 Å². The molecule has 2 aromatic carbocycles. The molecule has 90 valence electrons. The number of hydrogen-bond donors (Lipinski definition) is 1. The van der Waals surface area contributed by atoms with Gasteiger partial charge in [0.15, 0.2) is 0 Å². The van der Waals surface area contributed by atoms with Gasteiger partial charge in [0.05, 0.1) is 12.1 Å². The van der Waals surface area contributed by atoms with E-state index in [4.69, 9.17) is 0 Å². The highest BCUT2D eigenvalue weighted by molar-refractivity contribution is 5.94. The zero-order valence-electron chi connectivity index (χ0n) is 10.2. The van der Waals surface area contributed by atoms with Crippen molar-refractivity contribution in [2.75, 3.05) is 5.32 Å². The third-order valence-electron chi connectivity index (χ3n) is 3.68. The van der Waals surface area contributed by atoms with Crippen LogP contribution in [0.25, 0.3) is 10.9 Å². The average Bonchev–Trinajstić information content (AvgIpc) is 2.78. The van der Waals surface area contributed by atoms with Gasteiger partial charge in [0.25, 0.3) is 0 Å². The van der Waals surface area contributed by atoms with Crippen LogP contribution < -0.4 is 5.32 Å². The summed E-state index contributed by atoms with van der Waals surface area (Å²) in [6.07, 6.45) is 0. The molecule has 0 fully saturated rings. The highest BCUT2D eigenvalue weighted by Crippen LogP contribution is 2.37. The molecule has 0 unspecified atom stereocenters. The van der Waals surface area contributed by atoms with E-state index in [9.17, 15) is 5.26 Å². The monoisotopic (exact) mass is 245 g/mol. The molecule has 1 aliphatic rings. The van der Waals surface area contributed by atoms with Gasteiger partial charge in [0.1, 0.15) is 17.5 Å². The van der Waals surface area contributed by atoms with Crippen LogP contribution in [-0.2, 0) is 6.54 Å². The van der Waals surface area contributed by atoms with E-state index in [1.54, 1.807) is 0 Å².